The molecule has 4 aromatic rings. The average molecular weight is 491 g/mol. The Labute approximate surface area is 206 Å². The predicted molar refractivity (Wildman–Crippen MR) is 137 cm³/mol. The molecular formula is C27H23ClN2O3S. The van der Waals surface area contributed by atoms with Gasteiger partial charge < -0.3 is 10.4 Å². The minimum absolute atomic E-state index is 0.0388. The second kappa shape index (κ2) is 9.57. The molecule has 3 aromatic carbocycles. The predicted octanol–water partition coefficient (Wildman–Crippen LogP) is 7.43. The Balaban J connectivity index is 1.36. The number of aromatic nitrogens is 1. The summed E-state index contributed by atoms with van der Waals surface area (Å²) in [5.74, 6) is -1.44. The van der Waals surface area contributed by atoms with Crippen molar-refractivity contribution in [2.75, 3.05) is 5.32 Å². The summed E-state index contributed by atoms with van der Waals surface area (Å²) in [5.41, 5.74) is 4.26. The molecule has 0 radical (unpaired) electrons. The Hall–Kier alpha value is -3.22. The van der Waals surface area contributed by atoms with Gasteiger partial charge in [-0.2, -0.15) is 0 Å². The number of halogens is 1. The number of carbonyl (C=O) groups excluding carboxylic acids is 1. The Bertz CT molecular complexity index is 1370. The van der Waals surface area contributed by atoms with E-state index in [0.717, 1.165) is 45.0 Å². The molecule has 1 heterocycles. The molecule has 1 aromatic heterocycles. The minimum atomic E-state index is -0.801. The molecule has 2 N–H and O–H groups in total. The fourth-order valence-electron chi connectivity index (χ4n) is 4.63. The number of carbonyl (C=O) groups is 2. The van der Waals surface area contributed by atoms with Crippen molar-refractivity contribution >= 4 is 55.7 Å². The van der Waals surface area contributed by atoms with Crippen LogP contribution in [-0.2, 0) is 4.79 Å². The van der Waals surface area contributed by atoms with E-state index >= 15 is 0 Å². The van der Waals surface area contributed by atoms with Gasteiger partial charge in [-0.3, -0.25) is 9.59 Å². The van der Waals surface area contributed by atoms with Crippen LogP contribution in [0.3, 0.4) is 0 Å². The summed E-state index contributed by atoms with van der Waals surface area (Å²) in [6.07, 6.45) is 2.58. The number of aliphatic carboxylic acids is 1. The Kier molecular flexibility index (Phi) is 6.35. The number of Topliss-reactive ketones (excluding diaryl/α,β-unsaturated/α-hetero) is 1. The fraction of sp³-hybridized carbons (Fsp3) is 0.222. The third-order valence-corrected chi connectivity index (χ3v) is 7.55. The fourth-order valence-corrected chi connectivity index (χ4v) is 5.79. The number of hydrogen-bond donors (Lipinski definition) is 2. The van der Waals surface area contributed by atoms with Gasteiger partial charge in [-0.1, -0.05) is 65.8 Å². The largest absolute Gasteiger partial charge is 0.481 e. The van der Waals surface area contributed by atoms with E-state index in [1.807, 2.05) is 66.7 Å². The van der Waals surface area contributed by atoms with Gasteiger partial charge >= 0.3 is 5.97 Å². The van der Waals surface area contributed by atoms with E-state index in [1.54, 1.807) is 0 Å². The lowest BCUT2D eigenvalue weighted by Crippen LogP contribution is -2.27. The zero-order chi connectivity index (χ0) is 23.7. The number of thiazole rings is 1. The lowest BCUT2D eigenvalue weighted by molar-refractivity contribution is -0.143. The van der Waals surface area contributed by atoms with Gasteiger partial charge in [0.05, 0.1) is 16.1 Å². The van der Waals surface area contributed by atoms with Crippen molar-refractivity contribution in [2.24, 2.45) is 11.8 Å². The molecule has 0 bridgehead atoms. The highest BCUT2D eigenvalue weighted by Crippen LogP contribution is 2.35. The first kappa shape index (κ1) is 22.6. The van der Waals surface area contributed by atoms with Crippen LogP contribution in [0, 0.1) is 11.8 Å². The Morgan fingerprint density at radius 1 is 1.00 bits per heavy atom. The van der Waals surface area contributed by atoms with Gasteiger partial charge in [-0.25, -0.2) is 4.98 Å². The van der Waals surface area contributed by atoms with Crippen molar-refractivity contribution in [1.82, 2.24) is 4.98 Å². The van der Waals surface area contributed by atoms with Crippen molar-refractivity contribution in [2.45, 2.75) is 25.7 Å². The van der Waals surface area contributed by atoms with Gasteiger partial charge in [0.2, 0.25) is 0 Å². The van der Waals surface area contributed by atoms with Gasteiger partial charge in [-0.05, 0) is 60.7 Å². The maximum atomic E-state index is 13.4. The molecular weight excluding hydrogens is 468 g/mol. The molecule has 0 aliphatic heterocycles. The number of carboxylic acid groups (broad SMARTS) is 1. The number of hydrogen-bond acceptors (Lipinski definition) is 5. The van der Waals surface area contributed by atoms with Crippen molar-refractivity contribution in [3.8, 4) is 11.1 Å². The molecule has 1 fully saturated rings. The minimum Gasteiger partial charge on any atom is -0.481 e. The summed E-state index contributed by atoms with van der Waals surface area (Å²) in [5, 5.41) is 14.2. The van der Waals surface area contributed by atoms with Gasteiger partial charge in [0, 0.05) is 22.2 Å². The normalized spacial score (nSPS) is 18.0. The number of nitrogens with one attached hydrogen (secondary N) is 1. The highest BCUT2D eigenvalue weighted by molar-refractivity contribution is 7.22. The topological polar surface area (TPSA) is 79.3 Å². The maximum Gasteiger partial charge on any atom is 0.306 e. The molecule has 2 atom stereocenters. The number of nitrogens with zero attached hydrogens (tertiary/aromatic N) is 1. The third-order valence-electron chi connectivity index (χ3n) is 6.38. The molecule has 0 unspecified atom stereocenters. The summed E-state index contributed by atoms with van der Waals surface area (Å²) in [6, 6.07) is 21.1. The van der Waals surface area contributed by atoms with E-state index in [9.17, 15) is 14.7 Å². The van der Waals surface area contributed by atoms with E-state index in [-0.39, 0.29) is 11.7 Å². The molecule has 5 rings (SSSR count). The van der Waals surface area contributed by atoms with E-state index < -0.39 is 11.9 Å². The molecule has 1 aliphatic carbocycles. The molecule has 34 heavy (non-hydrogen) atoms. The molecule has 7 heteroatoms. The summed E-state index contributed by atoms with van der Waals surface area (Å²) in [4.78, 5) is 29.4. The van der Waals surface area contributed by atoms with Gasteiger partial charge in [0.15, 0.2) is 10.9 Å². The van der Waals surface area contributed by atoms with Crippen molar-refractivity contribution in [1.29, 1.82) is 0 Å². The highest BCUT2D eigenvalue weighted by atomic mass is 35.5. The second-order valence-corrected chi connectivity index (χ2v) is 10.1. The molecule has 0 saturated heterocycles. The van der Waals surface area contributed by atoms with Crippen LogP contribution in [0.1, 0.15) is 36.0 Å². The van der Waals surface area contributed by atoms with Crippen molar-refractivity contribution < 1.29 is 14.7 Å². The lowest BCUT2D eigenvalue weighted by atomic mass is 9.77. The zero-order valence-corrected chi connectivity index (χ0v) is 19.9. The number of anilines is 2. The number of carboxylic acids is 1. The molecule has 1 aliphatic rings. The maximum absolute atomic E-state index is 13.4. The third kappa shape index (κ3) is 4.69. The summed E-state index contributed by atoms with van der Waals surface area (Å²) in [6.45, 7) is 0. The lowest BCUT2D eigenvalue weighted by Gasteiger charge is -2.26. The summed E-state index contributed by atoms with van der Waals surface area (Å²) in [7, 11) is 0. The van der Waals surface area contributed by atoms with Gasteiger partial charge in [0.1, 0.15) is 0 Å². The van der Waals surface area contributed by atoms with E-state index in [0.29, 0.717) is 23.4 Å². The number of fused-ring (bicyclic) bond motifs is 1. The molecule has 0 amide bonds. The Morgan fingerprint density at radius 2 is 1.76 bits per heavy atom. The molecule has 172 valence electrons. The van der Waals surface area contributed by atoms with Crippen molar-refractivity contribution in [3.05, 3.63) is 77.3 Å². The van der Waals surface area contributed by atoms with Crippen molar-refractivity contribution in [3.63, 3.8) is 0 Å². The first-order valence-electron chi connectivity index (χ1n) is 11.3. The molecule has 0 spiro atoms. The number of ketones is 1. The SMILES string of the molecule is O=C(O)[C@@H]1CCC[C@H](C(=O)c2ccccc2-c2ccc(Nc3nc4ccc(Cl)cc4s3)cc2)C1. The van der Waals surface area contributed by atoms with Crippen LogP contribution >= 0.6 is 22.9 Å². The van der Waals surface area contributed by atoms with Crippen LogP contribution in [0.25, 0.3) is 21.3 Å². The Morgan fingerprint density at radius 3 is 2.56 bits per heavy atom. The highest BCUT2D eigenvalue weighted by Gasteiger charge is 2.32. The zero-order valence-electron chi connectivity index (χ0n) is 18.3. The smallest absolute Gasteiger partial charge is 0.306 e. The van der Waals surface area contributed by atoms with Crippen LogP contribution in [0.5, 0.6) is 0 Å². The van der Waals surface area contributed by atoms with E-state index in [4.69, 9.17) is 11.6 Å². The quantitative estimate of drug-likeness (QED) is 0.274. The molecule has 1 saturated carbocycles. The first-order chi connectivity index (χ1) is 16.5. The van der Waals surface area contributed by atoms with Crippen LogP contribution in [0.2, 0.25) is 5.02 Å². The van der Waals surface area contributed by atoms with Crippen LogP contribution in [-0.4, -0.2) is 21.8 Å². The van der Waals surface area contributed by atoms with Gasteiger partial charge in [-0.15, -0.1) is 0 Å². The monoisotopic (exact) mass is 490 g/mol. The molecule has 5 nitrogen and oxygen atoms in total. The standard InChI is InChI=1S/C27H23ClN2O3S/c28-19-10-13-23-24(15-19)34-27(30-23)29-20-11-8-16(9-12-20)21-6-1-2-7-22(21)25(31)17-4-3-5-18(14-17)26(32)33/h1-2,6-13,15,17-18H,3-5,14H2,(H,29,30)(H,32,33)/t17-,18+/m0/s1. The van der Waals surface area contributed by atoms with Crippen LogP contribution < -0.4 is 5.32 Å². The summed E-state index contributed by atoms with van der Waals surface area (Å²) < 4.78 is 1.02. The number of rotatable bonds is 6. The van der Waals surface area contributed by atoms with E-state index in [1.165, 1.54) is 11.3 Å². The van der Waals surface area contributed by atoms with Crippen LogP contribution in [0.15, 0.2) is 66.7 Å². The van der Waals surface area contributed by atoms with Gasteiger partial charge in [0.25, 0.3) is 0 Å². The van der Waals surface area contributed by atoms with E-state index in [2.05, 4.69) is 10.3 Å². The second-order valence-electron chi connectivity index (χ2n) is 8.64. The average Bonchev–Trinajstić information content (AvgIpc) is 3.25. The first-order valence-corrected chi connectivity index (χ1v) is 12.5. The number of benzene rings is 3. The van der Waals surface area contributed by atoms with Crippen LogP contribution in [0.4, 0.5) is 10.8 Å². The summed E-state index contributed by atoms with van der Waals surface area (Å²) >= 11 is 7.62.